The van der Waals surface area contributed by atoms with Gasteiger partial charge in [0.2, 0.25) is 0 Å². The lowest BCUT2D eigenvalue weighted by molar-refractivity contribution is -0.136. The first-order valence-electron chi connectivity index (χ1n) is 9.14. The number of nitrogens with one attached hydrogen (secondary N) is 1. The third-order valence-electron chi connectivity index (χ3n) is 4.52. The average molecular weight is 417 g/mol. The molecule has 0 aliphatic carbocycles. The number of anilines is 1. The summed E-state index contributed by atoms with van der Waals surface area (Å²) in [5, 5.41) is 12.1. The van der Waals surface area contributed by atoms with Crippen LogP contribution in [0.3, 0.4) is 0 Å². The van der Waals surface area contributed by atoms with E-state index in [1.165, 1.54) is 16.9 Å². The maximum atomic E-state index is 12.5. The topological polar surface area (TPSA) is 101 Å². The molecule has 1 aromatic carbocycles. The normalized spacial score (nSPS) is 13.8. The molecule has 29 heavy (non-hydrogen) atoms. The second-order valence-corrected chi connectivity index (χ2v) is 7.34. The van der Waals surface area contributed by atoms with Crippen LogP contribution in [0.4, 0.5) is 5.69 Å². The summed E-state index contributed by atoms with van der Waals surface area (Å²) in [7, 11) is 1.27. The Balaban J connectivity index is 1.63. The van der Waals surface area contributed by atoms with Crippen LogP contribution in [0.1, 0.15) is 10.6 Å². The maximum Gasteiger partial charge on any atom is 0.337 e. The number of amides is 1. The molecule has 1 aromatic heterocycles. The van der Waals surface area contributed by atoms with E-state index in [9.17, 15) is 9.59 Å². The average Bonchev–Trinajstić information content (AvgIpc) is 3.27. The van der Waals surface area contributed by atoms with Gasteiger partial charge in [-0.1, -0.05) is 0 Å². The van der Waals surface area contributed by atoms with Gasteiger partial charge < -0.3 is 24.8 Å². The Bertz CT molecular complexity index is 907. The van der Waals surface area contributed by atoms with Crippen LogP contribution >= 0.6 is 11.3 Å². The van der Waals surface area contributed by atoms with Gasteiger partial charge in [0, 0.05) is 23.5 Å². The Morgan fingerprint density at radius 3 is 2.72 bits per heavy atom. The fourth-order valence-electron chi connectivity index (χ4n) is 2.96. The van der Waals surface area contributed by atoms with Gasteiger partial charge in [-0.3, -0.25) is 4.79 Å². The van der Waals surface area contributed by atoms with E-state index < -0.39 is 5.97 Å². The highest BCUT2D eigenvalue weighted by Crippen LogP contribution is 2.24. The molecule has 154 valence electrons. The van der Waals surface area contributed by atoms with E-state index in [1.54, 1.807) is 35.6 Å². The molecular weight excluding hydrogens is 394 g/mol. The standard InChI is InChI=1S/C20H23N3O5S/c1-13-17(29-12-21-13)7-10-28-15-5-3-14(4-6-15)22-18-16(20(26)27-2)11-23(8-9-24)19(18)25/h3-6,12,22,24H,7-11H2,1-2H3. The second kappa shape index (κ2) is 9.53. The summed E-state index contributed by atoms with van der Waals surface area (Å²) in [6, 6.07) is 7.14. The van der Waals surface area contributed by atoms with Crippen molar-refractivity contribution in [3.63, 3.8) is 0 Å². The van der Waals surface area contributed by atoms with Crippen molar-refractivity contribution in [3.05, 3.63) is 51.6 Å². The van der Waals surface area contributed by atoms with Gasteiger partial charge in [-0.05, 0) is 31.2 Å². The summed E-state index contributed by atoms with van der Waals surface area (Å²) in [5.41, 5.74) is 3.91. The number of esters is 1. The van der Waals surface area contributed by atoms with Crippen molar-refractivity contribution < 1.29 is 24.2 Å². The van der Waals surface area contributed by atoms with Gasteiger partial charge in [0.15, 0.2) is 0 Å². The molecule has 0 atom stereocenters. The van der Waals surface area contributed by atoms with Crippen LogP contribution in [0.15, 0.2) is 41.0 Å². The van der Waals surface area contributed by atoms with Crippen LogP contribution in [-0.2, 0) is 20.7 Å². The number of aryl methyl sites for hydroxylation is 1. The minimum atomic E-state index is -0.570. The molecular formula is C20H23N3O5S. The summed E-state index contributed by atoms with van der Waals surface area (Å²) in [5.74, 6) is -0.209. The molecule has 0 fully saturated rings. The fourth-order valence-corrected chi connectivity index (χ4v) is 3.72. The minimum Gasteiger partial charge on any atom is -0.493 e. The Morgan fingerprint density at radius 1 is 1.34 bits per heavy atom. The number of thiazole rings is 1. The van der Waals surface area contributed by atoms with Crippen molar-refractivity contribution in [2.24, 2.45) is 0 Å². The summed E-state index contributed by atoms with van der Waals surface area (Å²) in [6.07, 6.45) is 0.793. The fraction of sp³-hybridized carbons (Fsp3) is 0.350. The van der Waals surface area contributed by atoms with E-state index in [4.69, 9.17) is 14.6 Å². The lowest BCUT2D eigenvalue weighted by Gasteiger charge is -2.15. The van der Waals surface area contributed by atoms with Crippen LogP contribution in [0.2, 0.25) is 0 Å². The number of hydrogen-bond donors (Lipinski definition) is 2. The number of aliphatic hydroxyl groups excluding tert-OH is 1. The molecule has 8 nitrogen and oxygen atoms in total. The number of β-amino-alcohol motifs (C(OH)–C–C–N with tert-alkyl or cyclic N) is 1. The molecule has 1 aliphatic heterocycles. The van der Waals surface area contributed by atoms with Crippen molar-refractivity contribution in [3.8, 4) is 5.75 Å². The Kier molecular flexibility index (Phi) is 6.84. The molecule has 2 N–H and O–H groups in total. The van der Waals surface area contributed by atoms with Crippen LogP contribution in [0.25, 0.3) is 0 Å². The van der Waals surface area contributed by atoms with Gasteiger partial charge in [0.25, 0.3) is 5.91 Å². The minimum absolute atomic E-state index is 0.104. The zero-order chi connectivity index (χ0) is 20.8. The van der Waals surface area contributed by atoms with E-state index in [2.05, 4.69) is 10.3 Å². The smallest absolute Gasteiger partial charge is 0.337 e. The van der Waals surface area contributed by atoms with Crippen molar-refractivity contribution in [1.29, 1.82) is 0 Å². The summed E-state index contributed by atoms with van der Waals surface area (Å²) in [6.45, 7) is 2.60. The zero-order valence-electron chi connectivity index (χ0n) is 16.3. The monoisotopic (exact) mass is 417 g/mol. The predicted molar refractivity (Wildman–Crippen MR) is 109 cm³/mol. The van der Waals surface area contributed by atoms with E-state index in [0.29, 0.717) is 18.0 Å². The van der Waals surface area contributed by atoms with Crippen LogP contribution in [0, 0.1) is 6.92 Å². The summed E-state index contributed by atoms with van der Waals surface area (Å²) in [4.78, 5) is 31.4. The quantitative estimate of drug-likeness (QED) is 0.600. The maximum absolute atomic E-state index is 12.5. The van der Waals surface area contributed by atoms with Gasteiger partial charge >= 0.3 is 5.97 Å². The van der Waals surface area contributed by atoms with Crippen molar-refractivity contribution in [1.82, 2.24) is 9.88 Å². The molecule has 2 aromatic rings. The molecule has 0 saturated carbocycles. The first-order chi connectivity index (χ1) is 14.0. The van der Waals surface area contributed by atoms with Crippen molar-refractivity contribution >= 4 is 28.9 Å². The second-order valence-electron chi connectivity index (χ2n) is 6.40. The molecule has 1 aliphatic rings. The third-order valence-corrected chi connectivity index (χ3v) is 5.51. The van der Waals surface area contributed by atoms with Gasteiger partial charge in [0.1, 0.15) is 11.4 Å². The van der Waals surface area contributed by atoms with Gasteiger partial charge in [0.05, 0.1) is 43.6 Å². The number of carbonyl (C=O) groups is 2. The molecule has 0 radical (unpaired) electrons. The number of rotatable bonds is 9. The largest absolute Gasteiger partial charge is 0.493 e. The molecule has 9 heteroatoms. The number of nitrogens with zero attached hydrogens (tertiary/aromatic N) is 2. The van der Waals surface area contributed by atoms with Crippen molar-refractivity contribution in [2.75, 3.05) is 38.7 Å². The Morgan fingerprint density at radius 2 is 2.10 bits per heavy atom. The van der Waals surface area contributed by atoms with Gasteiger partial charge in [-0.15, -0.1) is 11.3 Å². The van der Waals surface area contributed by atoms with Crippen LogP contribution in [0.5, 0.6) is 5.75 Å². The summed E-state index contributed by atoms with van der Waals surface area (Å²) < 4.78 is 10.5. The lowest BCUT2D eigenvalue weighted by atomic mass is 10.2. The molecule has 1 amide bonds. The highest BCUT2D eigenvalue weighted by atomic mass is 32.1. The Labute approximate surface area is 172 Å². The number of aromatic nitrogens is 1. The van der Waals surface area contributed by atoms with Gasteiger partial charge in [-0.25, -0.2) is 9.78 Å². The first kappa shape index (κ1) is 20.8. The number of carbonyl (C=O) groups excluding carboxylic acids is 2. The van der Waals surface area contributed by atoms with Crippen LogP contribution in [-0.4, -0.2) is 60.3 Å². The highest BCUT2D eigenvalue weighted by Gasteiger charge is 2.34. The van der Waals surface area contributed by atoms with Crippen LogP contribution < -0.4 is 10.1 Å². The molecule has 0 bridgehead atoms. The Hall–Kier alpha value is -2.91. The van der Waals surface area contributed by atoms with Gasteiger partial charge in [-0.2, -0.15) is 0 Å². The molecule has 3 rings (SSSR count). The zero-order valence-corrected chi connectivity index (χ0v) is 17.1. The third kappa shape index (κ3) is 4.93. The molecule has 2 heterocycles. The molecule has 0 spiro atoms. The highest BCUT2D eigenvalue weighted by molar-refractivity contribution is 7.09. The summed E-state index contributed by atoms with van der Waals surface area (Å²) >= 11 is 1.62. The predicted octanol–water partition coefficient (Wildman–Crippen LogP) is 1.75. The van der Waals surface area contributed by atoms with E-state index in [1.807, 2.05) is 12.4 Å². The lowest BCUT2D eigenvalue weighted by Crippen LogP contribution is -2.31. The molecule has 0 saturated heterocycles. The van der Waals surface area contributed by atoms with Crippen molar-refractivity contribution in [2.45, 2.75) is 13.3 Å². The number of benzene rings is 1. The van der Waals surface area contributed by atoms with E-state index >= 15 is 0 Å². The number of ether oxygens (including phenoxy) is 2. The number of hydrogen-bond acceptors (Lipinski definition) is 8. The SMILES string of the molecule is COC(=O)C1=C(Nc2ccc(OCCc3scnc3C)cc2)C(=O)N(CCO)C1. The molecule has 0 unspecified atom stereocenters. The van der Waals surface area contributed by atoms with E-state index in [-0.39, 0.29) is 36.9 Å². The first-order valence-corrected chi connectivity index (χ1v) is 10.0. The van der Waals surface area contributed by atoms with E-state index in [0.717, 1.165) is 12.1 Å². The number of aliphatic hydroxyl groups is 1. The number of methoxy groups -OCH3 is 1.